The highest BCUT2D eigenvalue weighted by molar-refractivity contribution is 8.13. The quantitative estimate of drug-likeness (QED) is 0.757. The van der Waals surface area contributed by atoms with Gasteiger partial charge in [0.15, 0.2) is 0 Å². The van der Waals surface area contributed by atoms with E-state index in [9.17, 15) is 8.42 Å². The molecule has 0 amide bonds. The average Bonchev–Trinajstić information content (AvgIpc) is 2.07. The Bertz CT molecular complexity index is 491. The van der Waals surface area contributed by atoms with Crippen molar-refractivity contribution in [2.24, 2.45) is 0 Å². The third-order valence-electron chi connectivity index (χ3n) is 1.56. The molecule has 0 heterocycles. The number of halogens is 2. The van der Waals surface area contributed by atoms with E-state index in [0.717, 1.165) is 0 Å². The minimum Gasteiger partial charge on any atom is -0.207 e. The number of hydrogen-bond acceptors (Lipinski definition) is 3. The topological polar surface area (TPSA) is 57.9 Å². The van der Waals surface area contributed by atoms with E-state index in [2.05, 4.69) is 0 Å². The lowest BCUT2D eigenvalue weighted by Crippen LogP contribution is -1.97. The van der Waals surface area contributed by atoms with Gasteiger partial charge in [-0.05, 0) is 17.7 Å². The van der Waals surface area contributed by atoms with Gasteiger partial charge in [0.25, 0.3) is 9.05 Å². The predicted octanol–water partition coefficient (Wildman–Crippen LogP) is 2.33. The smallest absolute Gasteiger partial charge is 0.207 e. The fraction of sp³-hybridized carbons (Fsp3) is 0.125. The van der Waals surface area contributed by atoms with Crippen LogP contribution in [0.3, 0.4) is 0 Å². The summed E-state index contributed by atoms with van der Waals surface area (Å²) in [6.45, 7) is 0. The van der Waals surface area contributed by atoms with Gasteiger partial charge in [0, 0.05) is 15.7 Å². The minimum atomic E-state index is -3.84. The second kappa shape index (κ2) is 4.18. The summed E-state index contributed by atoms with van der Waals surface area (Å²) in [6.07, 6.45) is -0.0154. The molecule has 0 saturated carbocycles. The van der Waals surface area contributed by atoms with Gasteiger partial charge in [0.2, 0.25) is 0 Å². The molecular weight excluding hydrogens is 245 g/mol. The van der Waals surface area contributed by atoms with Crippen molar-refractivity contribution < 1.29 is 8.42 Å². The normalized spacial score (nSPS) is 10.9. The lowest BCUT2D eigenvalue weighted by atomic mass is 10.2. The van der Waals surface area contributed by atoms with Crippen LogP contribution in [-0.2, 0) is 15.5 Å². The number of nitriles is 1. The number of rotatable bonds is 2. The second-order valence-electron chi connectivity index (χ2n) is 2.52. The lowest BCUT2D eigenvalue weighted by Gasteiger charge is -2.02. The molecule has 6 heteroatoms. The van der Waals surface area contributed by atoms with E-state index in [1.165, 1.54) is 18.2 Å². The molecule has 0 aromatic heterocycles. The molecule has 1 rings (SSSR count). The first kappa shape index (κ1) is 11.3. The van der Waals surface area contributed by atoms with Crippen molar-refractivity contribution in [1.29, 1.82) is 5.26 Å². The van der Waals surface area contributed by atoms with Gasteiger partial charge < -0.3 is 0 Å². The molecule has 0 atom stereocenters. The van der Waals surface area contributed by atoms with Crippen molar-refractivity contribution in [1.82, 2.24) is 0 Å². The van der Waals surface area contributed by atoms with Crippen LogP contribution in [0.1, 0.15) is 5.56 Å². The first-order valence-electron chi connectivity index (χ1n) is 3.55. The highest BCUT2D eigenvalue weighted by Crippen LogP contribution is 2.24. The Hall–Kier alpha value is -0.760. The van der Waals surface area contributed by atoms with Crippen LogP contribution in [-0.4, -0.2) is 8.42 Å². The summed E-state index contributed by atoms with van der Waals surface area (Å²) in [5.74, 6) is 0. The Morgan fingerprint density at radius 3 is 2.57 bits per heavy atom. The van der Waals surface area contributed by atoms with Gasteiger partial charge in [-0.2, -0.15) is 5.26 Å². The Morgan fingerprint density at radius 1 is 1.43 bits per heavy atom. The van der Waals surface area contributed by atoms with E-state index >= 15 is 0 Å². The van der Waals surface area contributed by atoms with Gasteiger partial charge in [0.1, 0.15) is 0 Å². The molecule has 0 aliphatic heterocycles. The molecule has 0 aliphatic rings. The van der Waals surface area contributed by atoms with Crippen molar-refractivity contribution in [3.8, 4) is 6.07 Å². The first-order chi connectivity index (χ1) is 6.45. The van der Waals surface area contributed by atoms with Gasteiger partial charge in [-0.25, -0.2) is 8.42 Å². The average molecular weight is 250 g/mol. The summed E-state index contributed by atoms with van der Waals surface area (Å²) >= 11 is 5.62. The molecule has 0 saturated heterocycles. The van der Waals surface area contributed by atoms with E-state index in [-0.39, 0.29) is 16.3 Å². The molecule has 0 N–H and O–H groups in total. The molecule has 0 radical (unpaired) electrons. The summed E-state index contributed by atoms with van der Waals surface area (Å²) in [5.41, 5.74) is 0.354. The van der Waals surface area contributed by atoms with Gasteiger partial charge >= 0.3 is 0 Å². The molecule has 0 bridgehead atoms. The first-order valence-corrected chi connectivity index (χ1v) is 6.24. The van der Waals surface area contributed by atoms with Crippen molar-refractivity contribution in [2.45, 2.75) is 11.3 Å². The SMILES string of the molecule is N#CCc1ccc(Cl)cc1S(=O)(=O)Cl. The third kappa shape index (κ3) is 2.61. The summed E-state index contributed by atoms with van der Waals surface area (Å²) in [4.78, 5) is -0.104. The maximum absolute atomic E-state index is 11.1. The van der Waals surface area contributed by atoms with E-state index in [4.69, 9.17) is 27.5 Å². The Kier molecular flexibility index (Phi) is 3.38. The summed E-state index contributed by atoms with van der Waals surface area (Å²) in [7, 11) is 1.33. The second-order valence-corrected chi connectivity index (χ2v) is 5.50. The minimum absolute atomic E-state index is 0.0154. The largest absolute Gasteiger partial charge is 0.261 e. The number of benzene rings is 1. The molecule has 0 fully saturated rings. The third-order valence-corrected chi connectivity index (χ3v) is 3.20. The Balaban J connectivity index is 3.39. The standard InChI is InChI=1S/C8H5Cl2NO2S/c9-7-2-1-6(3-4-11)8(5-7)14(10,12)13/h1-2,5H,3H2. The summed E-state index contributed by atoms with van der Waals surface area (Å²) in [6, 6.07) is 6.07. The van der Waals surface area contributed by atoms with Gasteiger partial charge in [-0.3, -0.25) is 0 Å². The van der Waals surface area contributed by atoms with Crippen LogP contribution >= 0.6 is 22.3 Å². The van der Waals surface area contributed by atoms with Crippen LogP contribution in [0.2, 0.25) is 5.02 Å². The van der Waals surface area contributed by atoms with E-state index in [0.29, 0.717) is 5.56 Å². The van der Waals surface area contributed by atoms with Gasteiger partial charge in [-0.15, -0.1) is 0 Å². The maximum Gasteiger partial charge on any atom is 0.261 e. The number of nitrogens with zero attached hydrogens (tertiary/aromatic N) is 1. The molecule has 0 unspecified atom stereocenters. The molecule has 0 spiro atoms. The van der Waals surface area contributed by atoms with Crippen molar-refractivity contribution in [2.75, 3.05) is 0 Å². The van der Waals surface area contributed by atoms with Gasteiger partial charge in [0.05, 0.1) is 17.4 Å². The Labute approximate surface area is 91.3 Å². The van der Waals surface area contributed by atoms with Crippen LogP contribution in [0.4, 0.5) is 0 Å². The monoisotopic (exact) mass is 249 g/mol. The van der Waals surface area contributed by atoms with E-state index in [1.807, 2.05) is 6.07 Å². The molecule has 14 heavy (non-hydrogen) atoms. The number of hydrogen-bond donors (Lipinski definition) is 0. The van der Waals surface area contributed by atoms with Crippen LogP contribution in [0.15, 0.2) is 23.1 Å². The molecular formula is C8H5Cl2NO2S. The van der Waals surface area contributed by atoms with E-state index in [1.54, 1.807) is 0 Å². The van der Waals surface area contributed by atoms with Crippen LogP contribution in [0.25, 0.3) is 0 Å². The zero-order valence-corrected chi connectivity index (χ0v) is 9.20. The van der Waals surface area contributed by atoms with Crippen molar-refractivity contribution >= 4 is 31.3 Å². The van der Waals surface area contributed by atoms with E-state index < -0.39 is 9.05 Å². The Morgan fingerprint density at radius 2 is 2.07 bits per heavy atom. The maximum atomic E-state index is 11.1. The van der Waals surface area contributed by atoms with Gasteiger partial charge in [-0.1, -0.05) is 17.7 Å². The molecule has 74 valence electrons. The van der Waals surface area contributed by atoms with Crippen LogP contribution < -0.4 is 0 Å². The van der Waals surface area contributed by atoms with Crippen LogP contribution in [0.5, 0.6) is 0 Å². The summed E-state index contributed by atoms with van der Waals surface area (Å²) < 4.78 is 22.2. The molecule has 3 nitrogen and oxygen atoms in total. The molecule has 1 aromatic carbocycles. The van der Waals surface area contributed by atoms with Crippen molar-refractivity contribution in [3.63, 3.8) is 0 Å². The zero-order chi connectivity index (χ0) is 10.8. The fourth-order valence-corrected chi connectivity index (χ4v) is 2.38. The molecule has 1 aromatic rings. The highest BCUT2D eigenvalue weighted by atomic mass is 35.7. The fourth-order valence-electron chi connectivity index (χ4n) is 0.987. The summed E-state index contributed by atoms with van der Waals surface area (Å²) in [5, 5.41) is 8.73. The zero-order valence-electron chi connectivity index (χ0n) is 6.87. The van der Waals surface area contributed by atoms with Crippen LogP contribution in [0, 0.1) is 11.3 Å². The lowest BCUT2D eigenvalue weighted by molar-refractivity contribution is 0.609. The highest BCUT2D eigenvalue weighted by Gasteiger charge is 2.15. The molecule has 0 aliphatic carbocycles. The predicted molar refractivity (Wildman–Crippen MR) is 53.8 cm³/mol. The van der Waals surface area contributed by atoms with Crippen molar-refractivity contribution in [3.05, 3.63) is 28.8 Å².